The van der Waals surface area contributed by atoms with E-state index in [4.69, 9.17) is 18.9 Å². The monoisotopic (exact) mass is 802 g/mol. The van der Waals surface area contributed by atoms with Crippen LogP contribution in [0.4, 0.5) is 0 Å². The van der Waals surface area contributed by atoms with Crippen molar-refractivity contribution in [1.82, 2.24) is 4.57 Å². The van der Waals surface area contributed by atoms with Crippen molar-refractivity contribution in [2.75, 3.05) is 13.7 Å². The number of rotatable bonds is 9. The fourth-order valence-electron chi connectivity index (χ4n) is 4.47. The molecule has 4 rings (SSSR count). The molecule has 0 unspecified atom stereocenters. The van der Waals surface area contributed by atoms with Gasteiger partial charge in [0.2, 0.25) is 0 Å². The molecule has 0 saturated carbocycles. The highest BCUT2D eigenvalue weighted by atomic mass is 127. The molecule has 1 aromatic heterocycles. The van der Waals surface area contributed by atoms with Gasteiger partial charge in [0.1, 0.15) is 5.75 Å². The van der Waals surface area contributed by atoms with Crippen molar-refractivity contribution in [3.05, 3.63) is 79.6 Å². The van der Waals surface area contributed by atoms with E-state index in [1.807, 2.05) is 52.0 Å². The first-order valence-electron chi connectivity index (χ1n) is 13.1. The van der Waals surface area contributed by atoms with E-state index in [2.05, 4.69) is 50.2 Å². The number of allylic oxidation sites excluding steroid dienone is 1. The van der Waals surface area contributed by atoms with Crippen molar-refractivity contribution in [1.29, 1.82) is 0 Å². The Balaban J connectivity index is 1.91. The molecule has 3 aromatic rings. The van der Waals surface area contributed by atoms with E-state index in [-0.39, 0.29) is 24.4 Å². The zero-order valence-corrected chi connectivity index (χ0v) is 29.0. The zero-order chi connectivity index (χ0) is 30.0. The van der Waals surface area contributed by atoms with Crippen LogP contribution in [0.1, 0.15) is 58.7 Å². The summed E-state index contributed by atoms with van der Waals surface area (Å²) in [4.78, 5) is 32.4. The van der Waals surface area contributed by atoms with Crippen LogP contribution in [0.3, 0.4) is 0 Å². The van der Waals surface area contributed by atoms with Crippen molar-refractivity contribution in [3.8, 4) is 17.2 Å². The normalized spacial score (nSPS) is 15.2. The number of aromatic nitrogens is 1. The number of nitrogens with zero attached hydrogens (tertiary/aromatic N) is 2. The van der Waals surface area contributed by atoms with Gasteiger partial charge in [-0.25, -0.2) is 9.79 Å². The summed E-state index contributed by atoms with van der Waals surface area (Å²) in [7, 11) is 1.56. The molecule has 0 amide bonds. The molecule has 218 valence electrons. The second-order valence-corrected chi connectivity index (χ2v) is 13.2. The smallest absolute Gasteiger partial charge is 0.338 e. The first-order valence-corrected chi connectivity index (χ1v) is 16.1. The van der Waals surface area contributed by atoms with Gasteiger partial charge in [0.15, 0.2) is 16.3 Å². The number of ether oxygens (including phenoxy) is 4. The predicted octanol–water partition coefficient (Wildman–Crippen LogP) is 5.59. The molecule has 11 heteroatoms. The van der Waals surface area contributed by atoms with Crippen LogP contribution in [-0.4, -0.2) is 36.5 Å². The maximum atomic E-state index is 14.0. The summed E-state index contributed by atoms with van der Waals surface area (Å²) in [6.07, 6.45) is 1.85. The third-order valence-corrected chi connectivity index (χ3v) is 8.64. The molecule has 0 bridgehead atoms. The van der Waals surface area contributed by atoms with E-state index in [1.165, 1.54) is 11.3 Å². The van der Waals surface area contributed by atoms with Crippen LogP contribution in [0.2, 0.25) is 0 Å². The van der Waals surface area contributed by atoms with Gasteiger partial charge < -0.3 is 18.9 Å². The van der Waals surface area contributed by atoms with Crippen LogP contribution in [0.25, 0.3) is 6.08 Å². The molecule has 0 radical (unpaired) electrons. The summed E-state index contributed by atoms with van der Waals surface area (Å²) in [6, 6.07) is 8.67. The molecule has 1 aliphatic rings. The molecular weight excluding hydrogens is 770 g/mol. The minimum atomic E-state index is -0.753. The minimum absolute atomic E-state index is 0.0491. The minimum Gasteiger partial charge on any atom is -0.493 e. The van der Waals surface area contributed by atoms with Gasteiger partial charge in [-0.1, -0.05) is 17.4 Å². The van der Waals surface area contributed by atoms with Crippen LogP contribution in [0, 0.1) is 7.14 Å². The highest BCUT2D eigenvalue weighted by Crippen LogP contribution is 2.36. The van der Waals surface area contributed by atoms with Crippen LogP contribution < -0.4 is 29.1 Å². The Bertz CT molecular complexity index is 1670. The van der Waals surface area contributed by atoms with Gasteiger partial charge in [0.05, 0.1) is 54.9 Å². The van der Waals surface area contributed by atoms with Gasteiger partial charge in [-0.15, -0.1) is 0 Å². The molecule has 0 spiro atoms. The average Bonchev–Trinajstić information content (AvgIpc) is 3.19. The molecule has 2 heterocycles. The Kier molecular flexibility index (Phi) is 10.2. The number of carbonyl (C=O) groups excluding carboxylic acids is 1. The van der Waals surface area contributed by atoms with Crippen molar-refractivity contribution in [2.24, 2.45) is 4.99 Å². The van der Waals surface area contributed by atoms with E-state index < -0.39 is 12.0 Å². The molecule has 1 atom stereocenters. The topological polar surface area (TPSA) is 88.4 Å². The van der Waals surface area contributed by atoms with Crippen LogP contribution in [-0.2, 0) is 9.53 Å². The van der Waals surface area contributed by atoms with Crippen molar-refractivity contribution < 1.29 is 23.7 Å². The van der Waals surface area contributed by atoms with Gasteiger partial charge in [-0.05, 0) is 128 Å². The Morgan fingerprint density at radius 1 is 1.07 bits per heavy atom. The molecule has 0 aliphatic carbocycles. The van der Waals surface area contributed by atoms with E-state index >= 15 is 0 Å². The molecule has 41 heavy (non-hydrogen) atoms. The first kappa shape index (κ1) is 31.5. The van der Waals surface area contributed by atoms with Crippen LogP contribution in [0.5, 0.6) is 17.2 Å². The van der Waals surface area contributed by atoms with Gasteiger partial charge in [-0.3, -0.25) is 9.36 Å². The SMILES string of the molecule is CCOC(=O)C1=C(C)N=c2s/c(=C/c3cc(I)c(OC(C)C)c(I)c3)c(=O)n2[C@@H]1c1ccc(OC(C)C)c(OC)c1. The Morgan fingerprint density at radius 3 is 2.32 bits per heavy atom. The predicted molar refractivity (Wildman–Crippen MR) is 177 cm³/mol. The number of hydrogen-bond donors (Lipinski definition) is 0. The van der Waals surface area contributed by atoms with Crippen molar-refractivity contribution in [3.63, 3.8) is 0 Å². The molecule has 0 N–H and O–H groups in total. The number of hydrogen-bond acceptors (Lipinski definition) is 8. The lowest BCUT2D eigenvalue weighted by atomic mass is 9.95. The first-order chi connectivity index (χ1) is 19.4. The van der Waals surface area contributed by atoms with E-state index in [9.17, 15) is 9.59 Å². The highest BCUT2D eigenvalue weighted by molar-refractivity contribution is 14.1. The van der Waals surface area contributed by atoms with Crippen molar-refractivity contribution in [2.45, 2.75) is 59.8 Å². The second kappa shape index (κ2) is 13.3. The van der Waals surface area contributed by atoms with E-state index in [1.54, 1.807) is 37.7 Å². The Labute approximate surface area is 270 Å². The van der Waals surface area contributed by atoms with Crippen LogP contribution >= 0.6 is 56.5 Å². The molecule has 0 saturated heterocycles. The third kappa shape index (κ3) is 6.82. The molecular formula is C30H32I2N2O6S. The maximum absolute atomic E-state index is 14.0. The zero-order valence-electron chi connectivity index (χ0n) is 23.9. The number of thiazole rings is 1. The van der Waals surface area contributed by atoms with E-state index in [0.29, 0.717) is 37.7 Å². The number of benzene rings is 2. The third-order valence-electron chi connectivity index (χ3n) is 6.06. The largest absolute Gasteiger partial charge is 0.493 e. The fraction of sp³-hybridized carbons (Fsp3) is 0.367. The fourth-order valence-corrected chi connectivity index (χ4v) is 7.59. The molecule has 1 aliphatic heterocycles. The van der Waals surface area contributed by atoms with Gasteiger partial charge >= 0.3 is 5.97 Å². The number of carbonyl (C=O) groups is 1. The number of halogens is 2. The van der Waals surface area contributed by atoms with Gasteiger partial charge in [0, 0.05) is 0 Å². The summed E-state index contributed by atoms with van der Waals surface area (Å²) < 4.78 is 26.9. The highest BCUT2D eigenvalue weighted by Gasteiger charge is 2.34. The lowest BCUT2D eigenvalue weighted by molar-refractivity contribution is -0.139. The quantitative estimate of drug-likeness (QED) is 0.207. The summed E-state index contributed by atoms with van der Waals surface area (Å²) in [5, 5.41) is 0. The van der Waals surface area contributed by atoms with Gasteiger partial charge in [-0.2, -0.15) is 0 Å². The summed E-state index contributed by atoms with van der Waals surface area (Å²) in [5.41, 5.74) is 2.12. The maximum Gasteiger partial charge on any atom is 0.338 e. The molecule has 0 fully saturated rings. The van der Waals surface area contributed by atoms with Crippen molar-refractivity contribution >= 4 is 68.6 Å². The molecule has 2 aromatic carbocycles. The lowest BCUT2D eigenvalue weighted by Crippen LogP contribution is -2.40. The lowest BCUT2D eigenvalue weighted by Gasteiger charge is -2.25. The average molecular weight is 802 g/mol. The summed E-state index contributed by atoms with van der Waals surface area (Å²) in [5.74, 6) is 1.39. The summed E-state index contributed by atoms with van der Waals surface area (Å²) in [6.45, 7) is 11.6. The van der Waals surface area contributed by atoms with Crippen LogP contribution in [0.15, 0.2) is 51.4 Å². The summed E-state index contributed by atoms with van der Waals surface area (Å²) >= 11 is 5.79. The second-order valence-electron chi connectivity index (χ2n) is 9.86. The number of methoxy groups -OCH3 is 1. The number of esters is 1. The molecule has 8 nitrogen and oxygen atoms in total. The Morgan fingerprint density at radius 2 is 1.73 bits per heavy atom. The standard InChI is InChI=1S/C30H32I2N2O6S/c1-8-38-29(36)25-17(6)33-30-34(26(25)19-9-10-22(39-15(2)3)23(14-19)37-7)28(35)24(41-30)13-18-11-20(31)27(21(32)12-18)40-16(4)5/h9-16,26H,8H2,1-7H3/b24-13+/t26-/m1/s1. The number of fused-ring (bicyclic) bond motifs is 1. The van der Waals surface area contributed by atoms with E-state index in [0.717, 1.165) is 18.5 Å². The van der Waals surface area contributed by atoms with Gasteiger partial charge in [0.25, 0.3) is 5.56 Å². The Hall–Kier alpha value is -2.39.